The van der Waals surface area contributed by atoms with Gasteiger partial charge in [0.15, 0.2) is 5.82 Å². The lowest BCUT2D eigenvalue weighted by molar-refractivity contribution is 0.438. The van der Waals surface area contributed by atoms with Crippen LogP contribution in [0.4, 0.5) is 0 Å². The van der Waals surface area contributed by atoms with Gasteiger partial charge in [-0.15, -0.1) is 11.3 Å². The molecule has 7 heteroatoms. The second-order valence-electron chi connectivity index (χ2n) is 7.49. The van der Waals surface area contributed by atoms with Crippen LogP contribution in [0.5, 0.6) is 0 Å². The second kappa shape index (κ2) is 6.61. The number of nitrogens with one attached hydrogen (secondary N) is 1. The van der Waals surface area contributed by atoms with E-state index >= 15 is 0 Å². The molecular formula is C19H24N6S. The fourth-order valence-electron chi connectivity index (χ4n) is 4.48. The molecule has 136 valence electrons. The second-order valence-corrected chi connectivity index (χ2v) is 8.49. The number of hydrogen-bond donors (Lipinski definition) is 1. The van der Waals surface area contributed by atoms with Gasteiger partial charge in [0.1, 0.15) is 11.3 Å². The number of hydrogen-bond acceptors (Lipinski definition) is 5. The SMILES string of the molecule is Cc1nn2c(c1-c1nc(C3CCCCC3)c(-c3ncn[nH]3)s1)CCCC2. The fraction of sp³-hybridized carbons (Fsp3) is 0.579. The smallest absolute Gasteiger partial charge is 0.167 e. The molecule has 1 aliphatic carbocycles. The lowest BCUT2D eigenvalue weighted by Gasteiger charge is -2.20. The zero-order valence-electron chi connectivity index (χ0n) is 15.2. The summed E-state index contributed by atoms with van der Waals surface area (Å²) in [5.41, 5.74) is 4.95. The summed E-state index contributed by atoms with van der Waals surface area (Å²) < 4.78 is 2.20. The van der Waals surface area contributed by atoms with Gasteiger partial charge in [-0.05, 0) is 39.0 Å². The summed E-state index contributed by atoms with van der Waals surface area (Å²) in [6.07, 6.45) is 11.6. The van der Waals surface area contributed by atoms with E-state index in [1.54, 1.807) is 17.7 Å². The molecule has 5 rings (SSSR count). The van der Waals surface area contributed by atoms with Gasteiger partial charge in [-0.1, -0.05) is 19.3 Å². The Hall–Kier alpha value is -2.02. The van der Waals surface area contributed by atoms with E-state index in [0.29, 0.717) is 5.92 Å². The van der Waals surface area contributed by atoms with Gasteiger partial charge in [-0.25, -0.2) is 9.97 Å². The molecule has 2 aliphatic rings. The normalized spacial score (nSPS) is 18.2. The molecule has 0 unspecified atom stereocenters. The lowest BCUT2D eigenvalue weighted by Crippen LogP contribution is -2.11. The third kappa shape index (κ3) is 2.69. The van der Waals surface area contributed by atoms with Crippen LogP contribution in [0.1, 0.15) is 67.9 Å². The van der Waals surface area contributed by atoms with E-state index in [-0.39, 0.29) is 0 Å². The first kappa shape index (κ1) is 16.2. The first-order valence-corrected chi connectivity index (χ1v) is 10.6. The summed E-state index contributed by atoms with van der Waals surface area (Å²) in [5.74, 6) is 1.40. The van der Waals surface area contributed by atoms with Crippen molar-refractivity contribution in [2.75, 3.05) is 0 Å². The zero-order chi connectivity index (χ0) is 17.5. The Bertz CT molecular complexity index is 901. The first-order valence-electron chi connectivity index (χ1n) is 9.74. The molecule has 1 saturated carbocycles. The predicted octanol–water partition coefficient (Wildman–Crippen LogP) is 4.48. The van der Waals surface area contributed by atoms with Gasteiger partial charge < -0.3 is 0 Å². The molecule has 0 radical (unpaired) electrons. The van der Waals surface area contributed by atoms with Gasteiger partial charge in [0.25, 0.3) is 0 Å². The van der Waals surface area contributed by atoms with Gasteiger partial charge in [-0.2, -0.15) is 10.2 Å². The number of fused-ring (bicyclic) bond motifs is 1. The summed E-state index contributed by atoms with van der Waals surface area (Å²) in [5, 5.41) is 13.0. The van der Waals surface area contributed by atoms with Gasteiger partial charge in [0.05, 0.1) is 21.8 Å². The van der Waals surface area contributed by atoms with E-state index in [9.17, 15) is 0 Å². The molecule has 0 amide bonds. The third-order valence-electron chi connectivity index (χ3n) is 5.76. The average Bonchev–Trinajstić information content (AvgIpc) is 3.39. The minimum Gasteiger partial charge on any atom is -0.269 e. The van der Waals surface area contributed by atoms with Gasteiger partial charge in [0.2, 0.25) is 0 Å². The van der Waals surface area contributed by atoms with Crippen molar-refractivity contribution in [1.29, 1.82) is 0 Å². The van der Waals surface area contributed by atoms with E-state index < -0.39 is 0 Å². The molecule has 1 N–H and O–H groups in total. The van der Waals surface area contributed by atoms with E-state index in [1.807, 2.05) is 0 Å². The van der Waals surface area contributed by atoms with Crippen molar-refractivity contribution < 1.29 is 0 Å². The monoisotopic (exact) mass is 368 g/mol. The maximum atomic E-state index is 5.18. The molecule has 6 nitrogen and oxygen atoms in total. The van der Waals surface area contributed by atoms with Crippen molar-refractivity contribution >= 4 is 11.3 Å². The molecule has 0 saturated heterocycles. The summed E-state index contributed by atoms with van der Waals surface area (Å²) in [4.78, 5) is 10.8. The van der Waals surface area contributed by atoms with Crippen molar-refractivity contribution in [3.05, 3.63) is 23.4 Å². The molecule has 0 spiro atoms. The molecule has 1 aliphatic heterocycles. The van der Waals surface area contributed by atoms with Crippen molar-refractivity contribution in [2.24, 2.45) is 0 Å². The predicted molar refractivity (Wildman–Crippen MR) is 102 cm³/mol. The first-order chi connectivity index (χ1) is 12.8. The van der Waals surface area contributed by atoms with Crippen LogP contribution in [-0.2, 0) is 13.0 Å². The molecular weight excluding hydrogens is 344 g/mol. The van der Waals surface area contributed by atoms with Gasteiger partial charge in [0, 0.05) is 18.2 Å². The summed E-state index contributed by atoms with van der Waals surface area (Å²) >= 11 is 1.76. The highest BCUT2D eigenvalue weighted by molar-refractivity contribution is 7.18. The van der Waals surface area contributed by atoms with Gasteiger partial charge >= 0.3 is 0 Å². The van der Waals surface area contributed by atoms with Crippen LogP contribution in [0.25, 0.3) is 21.3 Å². The average molecular weight is 369 g/mol. The number of nitrogens with zero attached hydrogens (tertiary/aromatic N) is 5. The Morgan fingerprint density at radius 2 is 2.04 bits per heavy atom. The van der Waals surface area contributed by atoms with E-state index in [1.165, 1.54) is 66.8 Å². The Morgan fingerprint density at radius 3 is 2.85 bits per heavy atom. The highest BCUT2D eigenvalue weighted by atomic mass is 32.1. The number of thiazole rings is 1. The Labute approximate surface area is 157 Å². The molecule has 26 heavy (non-hydrogen) atoms. The largest absolute Gasteiger partial charge is 0.269 e. The molecule has 3 aromatic heterocycles. The lowest BCUT2D eigenvalue weighted by atomic mass is 9.86. The van der Waals surface area contributed by atoms with Crippen LogP contribution in [0.3, 0.4) is 0 Å². The highest BCUT2D eigenvalue weighted by Gasteiger charge is 2.28. The Morgan fingerprint density at radius 1 is 1.15 bits per heavy atom. The van der Waals surface area contributed by atoms with Crippen LogP contribution >= 0.6 is 11.3 Å². The molecule has 0 aromatic carbocycles. The summed E-state index contributed by atoms with van der Waals surface area (Å²) in [6.45, 7) is 3.16. The van der Waals surface area contributed by atoms with Crippen LogP contribution in [-0.4, -0.2) is 29.9 Å². The molecule has 4 heterocycles. The van der Waals surface area contributed by atoms with Gasteiger partial charge in [-0.3, -0.25) is 9.78 Å². The maximum Gasteiger partial charge on any atom is 0.167 e. The zero-order valence-corrected chi connectivity index (χ0v) is 16.0. The van der Waals surface area contributed by atoms with Crippen LogP contribution in [0.15, 0.2) is 6.33 Å². The standard InChI is InChI=1S/C19H24N6S/c1-12-15(14-9-5-6-10-25(14)24-12)19-22-16(13-7-3-2-4-8-13)17(26-19)18-20-11-21-23-18/h11,13H,2-10H2,1H3,(H,20,21,23). The van der Waals surface area contributed by atoms with Crippen molar-refractivity contribution in [2.45, 2.75) is 70.8 Å². The quantitative estimate of drug-likeness (QED) is 0.739. The highest BCUT2D eigenvalue weighted by Crippen LogP contribution is 2.43. The van der Waals surface area contributed by atoms with Crippen LogP contribution < -0.4 is 0 Å². The number of aromatic amines is 1. The number of aromatic nitrogens is 6. The van der Waals surface area contributed by atoms with Crippen molar-refractivity contribution in [3.8, 4) is 21.3 Å². The van der Waals surface area contributed by atoms with Crippen molar-refractivity contribution in [1.82, 2.24) is 29.9 Å². The minimum absolute atomic E-state index is 0.542. The topological polar surface area (TPSA) is 72.3 Å². The molecule has 0 bridgehead atoms. The van der Waals surface area contributed by atoms with Crippen LogP contribution in [0.2, 0.25) is 0 Å². The number of aryl methyl sites for hydroxylation is 2. The maximum absolute atomic E-state index is 5.18. The van der Waals surface area contributed by atoms with E-state index in [4.69, 9.17) is 10.1 Å². The molecule has 0 atom stereocenters. The number of rotatable bonds is 3. The Kier molecular flexibility index (Phi) is 4.11. The Balaban J connectivity index is 1.63. The number of H-pyrrole nitrogens is 1. The summed E-state index contributed by atoms with van der Waals surface area (Å²) in [7, 11) is 0. The van der Waals surface area contributed by atoms with Crippen molar-refractivity contribution in [3.63, 3.8) is 0 Å². The van der Waals surface area contributed by atoms with E-state index in [2.05, 4.69) is 26.8 Å². The third-order valence-corrected chi connectivity index (χ3v) is 6.85. The molecule has 1 fully saturated rings. The summed E-state index contributed by atoms with van der Waals surface area (Å²) in [6, 6.07) is 0. The fourth-order valence-corrected chi connectivity index (χ4v) is 5.69. The minimum atomic E-state index is 0.542. The van der Waals surface area contributed by atoms with E-state index in [0.717, 1.165) is 29.5 Å². The molecule has 3 aromatic rings. The van der Waals surface area contributed by atoms with Crippen LogP contribution in [0, 0.1) is 6.92 Å².